The fourth-order valence-electron chi connectivity index (χ4n) is 3.80. The van der Waals surface area contributed by atoms with E-state index in [9.17, 15) is 4.79 Å². The number of aromatic nitrogens is 2. The Morgan fingerprint density at radius 1 is 1.16 bits per heavy atom. The molecule has 0 aromatic carbocycles. The number of amides is 1. The van der Waals surface area contributed by atoms with Crippen molar-refractivity contribution in [3.8, 4) is 0 Å². The first-order chi connectivity index (χ1) is 11.6. The van der Waals surface area contributed by atoms with Crippen molar-refractivity contribution in [1.82, 2.24) is 15.1 Å². The summed E-state index contributed by atoms with van der Waals surface area (Å²) in [6.45, 7) is 11.2. The Hall–Kier alpha value is -1.56. The van der Waals surface area contributed by atoms with Crippen LogP contribution in [0, 0.1) is 25.7 Å². The third kappa shape index (κ3) is 4.00. The molecular formula is C18H27ClN4O2. The molecule has 0 bridgehead atoms. The van der Waals surface area contributed by atoms with Crippen molar-refractivity contribution in [2.75, 3.05) is 18.4 Å². The lowest BCUT2D eigenvalue weighted by atomic mass is 10.0. The molecule has 7 heteroatoms. The van der Waals surface area contributed by atoms with Crippen molar-refractivity contribution in [2.45, 2.75) is 59.1 Å². The molecular weight excluding hydrogens is 340 g/mol. The highest BCUT2D eigenvalue weighted by atomic mass is 35.5. The molecule has 6 nitrogen and oxygen atoms in total. The number of carbonyl (C=O) groups is 1. The van der Waals surface area contributed by atoms with Gasteiger partial charge in [-0.05, 0) is 70.4 Å². The Bertz CT molecular complexity index is 660. The van der Waals surface area contributed by atoms with Crippen LogP contribution < -0.4 is 5.32 Å². The van der Waals surface area contributed by atoms with Crippen molar-refractivity contribution in [1.29, 1.82) is 0 Å². The molecule has 2 aliphatic rings. The number of nitrogens with one attached hydrogen (secondary N) is 1. The zero-order chi connectivity index (χ0) is 18.4. The molecule has 1 aromatic rings. The van der Waals surface area contributed by atoms with Crippen LogP contribution in [0.15, 0.2) is 0 Å². The lowest BCUT2D eigenvalue weighted by Gasteiger charge is -2.25. The molecule has 2 fully saturated rings. The van der Waals surface area contributed by atoms with E-state index in [1.807, 2.05) is 39.5 Å². The minimum absolute atomic E-state index is 0.193. The van der Waals surface area contributed by atoms with Crippen molar-refractivity contribution in [3.05, 3.63) is 16.3 Å². The molecule has 1 unspecified atom stereocenters. The number of likely N-dealkylation sites (tertiary alicyclic amines) is 1. The summed E-state index contributed by atoms with van der Waals surface area (Å²) in [5, 5.41) is 12.2. The molecule has 138 valence electrons. The van der Waals surface area contributed by atoms with Crippen LogP contribution in [0.1, 0.15) is 44.7 Å². The largest absolute Gasteiger partial charge is 0.444 e. The number of halogens is 1. The van der Waals surface area contributed by atoms with Crippen LogP contribution in [0.5, 0.6) is 0 Å². The molecule has 2 heterocycles. The van der Waals surface area contributed by atoms with Gasteiger partial charge in [-0.3, -0.25) is 0 Å². The first kappa shape index (κ1) is 18.2. The maximum absolute atomic E-state index is 12.2. The van der Waals surface area contributed by atoms with E-state index in [-0.39, 0.29) is 6.09 Å². The van der Waals surface area contributed by atoms with Gasteiger partial charge in [-0.1, -0.05) is 11.6 Å². The van der Waals surface area contributed by atoms with Crippen molar-refractivity contribution in [3.63, 3.8) is 0 Å². The zero-order valence-corrected chi connectivity index (χ0v) is 16.4. The number of anilines is 1. The van der Waals surface area contributed by atoms with Crippen LogP contribution in [0.4, 0.5) is 10.6 Å². The minimum atomic E-state index is -0.443. The van der Waals surface area contributed by atoms with Gasteiger partial charge in [-0.2, -0.15) is 0 Å². The lowest BCUT2D eigenvalue weighted by Crippen LogP contribution is -2.36. The molecule has 25 heavy (non-hydrogen) atoms. The number of carbonyl (C=O) groups excluding carboxylic acids is 1. The maximum Gasteiger partial charge on any atom is 0.410 e. The molecule has 0 radical (unpaired) electrons. The Morgan fingerprint density at radius 3 is 2.32 bits per heavy atom. The molecule has 1 amide bonds. The summed E-state index contributed by atoms with van der Waals surface area (Å²) in [6, 6.07) is 0.365. The highest BCUT2D eigenvalue weighted by Gasteiger charge is 2.43. The van der Waals surface area contributed by atoms with Gasteiger partial charge in [-0.25, -0.2) is 4.79 Å². The summed E-state index contributed by atoms with van der Waals surface area (Å²) in [4.78, 5) is 14.1. The number of nitrogens with zero attached hydrogens (tertiary/aromatic N) is 3. The monoisotopic (exact) mass is 366 g/mol. The first-order valence-corrected chi connectivity index (χ1v) is 9.25. The molecule has 1 saturated heterocycles. The lowest BCUT2D eigenvalue weighted by molar-refractivity contribution is 0.0280. The average Bonchev–Trinajstić information content (AvgIpc) is 3.04. The Morgan fingerprint density at radius 2 is 1.76 bits per heavy atom. The molecule has 1 aromatic heterocycles. The van der Waals surface area contributed by atoms with E-state index >= 15 is 0 Å². The zero-order valence-electron chi connectivity index (χ0n) is 15.6. The predicted molar refractivity (Wildman–Crippen MR) is 97.9 cm³/mol. The Balaban J connectivity index is 1.57. The van der Waals surface area contributed by atoms with Gasteiger partial charge in [0.1, 0.15) is 5.60 Å². The second kappa shape index (κ2) is 6.63. The van der Waals surface area contributed by atoms with Crippen molar-refractivity contribution < 1.29 is 9.53 Å². The van der Waals surface area contributed by atoms with Crippen LogP contribution in [0.3, 0.4) is 0 Å². The Kier molecular flexibility index (Phi) is 4.84. The smallest absolute Gasteiger partial charge is 0.410 e. The second-order valence-corrected chi connectivity index (χ2v) is 8.67. The van der Waals surface area contributed by atoms with Gasteiger partial charge in [0.25, 0.3) is 0 Å². The van der Waals surface area contributed by atoms with E-state index in [1.165, 1.54) is 0 Å². The highest BCUT2D eigenvalue weighted by molar-refractivity contribution is 6.30. The number of ether oxygens (including phenoxy) is 1. The van der Waals surface area contributed by atoms with Gasteiger partial charge in [0.05, 0.1) is 0 Å². The molecule has 0 spiro atoms. The van der Waals surface area contributed by atoms with E-state index < -0.39 is 5.60 Å². The standard InChI is InChI=1S/C18H27ClN4O2/c1-10-11(2)16(22-21-15(10)19)20-14-6-12-8-23(9-13(12)7-14)17(24)25-18(3,4)5/h12-14H,6-9H2,1-5H3,(H,20,22)/t12-,13+,14?. The van der Waals surface area contributed by atoms with Gasteiger partial charge in [-0.15, -0.1) is 10.2 Å². The summed E-state index contributed by atoms with van der Waals surface area (Å²) in [5.74, 6) is 1.86. The quantitative estimate of drug-likeness (QED) is 0.862. The summed E-state index contributed by atoms with van der Waals surface area (Å²) >= 11 is 6.02. The van der Waals surface area contributed by atoms with E-state index in [4.69, 9.17) is 16.3 Å². The third-order valence-electron chi connectivity index (χ3n) is 5.21. The Labute approximate surface area is 154 Å². The van der Waals surface area contributed by atoms with Crippen LogP contribution in [-0.4, -0.2) is 45.9 Å². The van der Waals surface area contributed by atoms with Gasteiger partial charge in [0.15, 0.2) is 11.0 Å². The summed E-state index contributed by atoms with van der Waals surface area (Å²) in [7, 11) is 0. The predicted octanol–water partition coefficient (Wildman–Crippen LogP) is 3.80. The van der Waals surface area contributed by atoms with Crippen LogP contribution in [-0.2, 0) is 4.74 Å². The van der Waals surface area contributed by atoms with E-state index in [0.29, 0.717) is 23.0 Å². The van der Waals surface area contributed by atoms with Gasteiger partial charge in [0, 0.05) is 19.1 Å². The number of fused-ring (bicyclic) bond motifs is 1. The molecule has 3 rings (SSSR count). The third-order valence-corrected chi connectivity index (χ3v) is 5.57. The average molecular weight is 367 g/mol. The van der Waals surface area contributed by atoms with Crippen LogP contribution in [0.25, 0.3) is 0 Å². The number of hydrogen-bond donors (Lipinski definition) is 1. The molecule has 3 atom stereocenters. The number of hydrogen-bond acceptors (Lipinski definition) is 5. The van der Waals surface area contributed by atoms with Crippen molar-refractivity contribution >= 4 is 23.5 Å². The summed E-state index contributed by atoms with van der Waals surface area (Å²) < 4.78 is 5.49. The summed E-state index contributed by atoms with van der Waals surface area (Å²) in [6.07, 6.45) is 1.88. The highest BCUT2D eigenvalue weighted by Crippen LogP contribution is 2.40. The van der Waals surface area contributed by atoms with Gasteiger partial charge in [0.2, 0.25) is 0 Å². The second-order valence-electron chi connectivity index (χ2n) is 8.31. The van der Waals surface area contributed by atoms with Gasteiger partial charge < -0.3 is 15.0 Å². The SMILES string of the molecule is Cc1c(Cl)nnc(NC2C[C@@H]3CN(C(=O)OC(C)(C)C)C[C@@H]3C2)c1C. The van der Waals surface area contributed by atoms with Gasteiger partial charge >= 0.3 is 6.09 Å². The van der Waals surface area contributed by atoms with E-state index in [2.05, 4.69) is 15.5 Å². The molecule has 1 saturated carbocycles. The summed E-state index contributed by atoms with van der Waals surface area (Å²) in [5.41, 5.74) is 1.57. The van der Waals surface area contributed by atoms with Crippen LogP contribution >= 0.6 is 11.6 Å². The molecule has 1 N–H and O–H groups in total. The van der Waals surface area contributed by atoms with E-state index in [1.54, 1.807) is 0 Å². The first-order valence-electron chi connectivity index (χ1n) is 8.88. The van der Waals surface area contributed by atoms with E-state index in [0.717, 1.165) is 42.9 Å². The topological polar surface area (TPSA) is 67.4 Å². The molecule has 1 aliphatic heterocycles. The van der Waals surface area contributed by atoms with Crippen molar-refractivity contribution in [2.24, 2.45) is 11.8 Å². The fraction of sp³-hybridized carbons (Fsp3) is 0.722. The maximum atomic E-state index is 12.2. The number of rotatable bonds is 2. The minimum Gasteiger partial charge on any atom is -0.444 e. The normalized spacial score (nSPS) is 25.8. The fourth-order valence-corrected chi connectivity index (χ4v) is 3.98. The van der Waals surface area contributed by atoms with Crippen LogP contribution in [0.2, 0.25) is 5.15 Å². The molecule has 1 aliphatic carbocycles.